The van der Waals surface area contributed by atoms with Crippen molar-refractivity contribution in [2.45, 2.75) is 24.8 Å². The molecule has 0 heterocycles. The van der Waals surface area contributed by atoms with Crippen molar-refractivity contribution in [2.75, 3.05) is 18.9 Å². The van der Waals surface area contributed by atoms with Gasteiger partial charge in [0.15, 0.2) is 0 Å². The van der Waals surface area contributed by atoms with Crippen LogP contribution in [0.5, 0.6) is 0 Å². The van der Waals surface area contributed by atoms with Gasteiger partial charge in [-0.25, -0.2) is 0 Å². The van der Waals surface area contributed by atoms with Crippen LogP contribution >= 0.6 is 0 Å². The van der Waals surface area contributed by atoms with Gasteiger partial charge in [-0.3, -0.25) is 9.00 Å². The van der Waals surface area contributed by atoms with Crippen LogP contribution in [0, 0.1) is 0 Å². The Morgan fingerprint density at radius 3 is 2.54 bits per heavy atom. The van der Waals surface area contributed by atoms with E-state index >= 15 is 0 Å². The van der Waals surface area contributed by atoms with Crippen molar-refractivity contribution in [3.8, 4) is 0 Å². The molecule has 0 saturated heterocycles. The van der Waals surface area contributed by atoms with Gasteiger partial charge in [0.1, 0.15) is 0 Å². The second kappa shape index (κ2) is 10.0. The van der Waals surface area contributed by atoms with Gasteiger partial charge in [-0.05, 0) is 24.1 Å². The van der Waals surface area contributed by atoms with Crippen molar-refractivity contribution >= 4 is 16.7 Å². The molecule has 0 bridgehead atoms. The molecule has 1 N–H and O–H groups in total. The molecule has 0 aliphatic carbocycles. The van der Waals surface area contributed by atoms with Crippen molar-refractivity contribution in [2.24, 2.45) is 0 Å². The van der Waals surface area contributed by atoms with Gasteiger partial charge in [-0.1, -0.05) is 49.4 Å². The van der Waals surface area contributed by atoms with Gasteiger partial charge in [0.25, 0.3) is 5.91 Å². The van der Waals surface area contributed by atoms with Crippen LogP contribution in [0.25, 0.3) is 0 Å². The predicted molar refractivity (Wildman–Crippen MR) is 96.4 cm³/mol. The highest BCUT2D eigenvalue weighted by molar-refractivity contribution is 7.85. The number of hydrogen-bond acceptors (Lipinski definition) is 3. The number of amides is 1. The summed E-state index contributed by atoms with van der Waals surface area (Å²) in [6, 6.07) is 17.0. The molecule has 1 unspecified atom stereocenters. The average molecular weight is 345 g/mol. The lowest BCUT2D eigenvalue weighted by Gasteiger charge is -2.09. The third kappa shape index (κ3) is 5.58. The Balaban J connectivity index is 1.73. The highest BCUT2D eigenvalue weighted by Gasteiger charge is 2.13. The summed E-state index contributed by atoms with van der Waals surface area (Å²) >= 11 is 0. The zero-order valence-electron chi connectivity index (χ0n) is 13.9. The molecule has 0 aromatic heterocycles. The van der Waals surface area contributed by atoms with Crippen LogP contribution in [0.4, 0.5) is 0 Å². The highest BCUT2D eigenvalue weighted by atomic mass is 32.2. The van der Waals surface area contributed by atoms with E-state index < -0.39 is 10.8 Å². The van der Waals surface area contributed by atoms with E-state index in [2.05, 4.69) is 5.32 Å². The van der Waals surface area contributed by atoms with E-state index in [-0.39, 0.29) is 5.91 Å². The number of benzene rings is 2. The third-order valence-electron chi connectivity index (χ3n) is 3.50. The normalized spacial score (nSPS) is 11.9. The molecule has 4 nitrogen and oxygen atoms in total. The molecular weight excluding hydrogens is 322 g/mol. The Labute approximate surface area is 145 Å². The molecule has 0 aliphatic rings. The summed E-state index contributed by atoms with van der Waals surface area (Å²) in [5.41, 5.74) is 1.63. The molecular formula is C19H23NO3S. The fourth-order valence-electron chi connectivity index (χ4n) is 2.24. The minimum Gasteiger partial charge on any atom is -0.377 e. The van der Waals surface area contributed by atoms with E-state index in [1.54, 1.807) is 24.3 Å². The van der Waals surface area contributed by atoms with E-state index in [0.717, 1.165) is 12.0 Å². The molecule has 2 rings (SSSR count). The Morgan fingerprint density at radius 2 is 1.79 bits per heavy atom. The second-order valence-corrected chi connectivity index (χ2v) is 6.99. The molecule has 1 atom stereocenters. The standard InChI is InChI=1S/C19H23NO3S/c1-2-24(22)18-12-7-6-11-17(18)19(21)20-13-8-14-23-15-16-9-4-3-5-10-16/h3-7,9-12H,2,8,13-15H2,1H3,(H,20,21). The first-order valence-corrected chi connectivity index (χ1v) is 9.41. The molecule has 5 heteroatoms. The van der Waals surface area contributed by atoms with Crippen molar-refractivity contribution in [3.63, 3.8) is 0 Å². The Bertz CT molecular complexity index is 673. The van der Waals surface area contributed by atoms with Gasteiger partial charge in [-0.15, -0.1) is 0 Å². The summed E-state index contributed by atoms with van der Waals surface area (Å²) in [6.07, 6.45) is 0.734. The second-order valence-electron chi connectivity index (χ2n) is 5.28. The van der Waals surface area contributed by atoms with Crippen LogP contribution in [-0.2, 0) is 22.1 Å². The van der Waals surface area contributed by atoms with E-state index in [0.29, 0.717) is 36.0 Å². The van der Waals surface area contributed by atoms with E-state index in [4.69, 9.17) is 4.74 Å². The Hall–Kier alpha value is -1.98. The van der Waals surface area contributed by atoms with Crippen molar-refractivity contribution < 1.29 is 13.7 Å². The van der Waals surface area contributed by atoms with Gasteiger partial charge in [0.05, 0.1) is 27.9 Å². The molecule has 0 fully saturated rings. The van der Waals surface area contributed by atoms with Crippen LogP contribution in [0.2, 0.25) is 0 Å². The summed E-state index contributed by atoms with van der Waals surface area (Å²) in [4.78, 5) is 12.8. The maximum absolute atomic E-state index is 12.3. The SMILES string of the molecule is CCS(=O)c1ccccc1C(=O)NCCCOCc1ccccc1. The molecule has 0 saturated carbocycles. The van der Waals surface area contributed by atoms with Gasteiger partial charge in [0.2, 0.25) is 0 Å². The molecule has 2 aromatic carbocycles. The number of nitrogens with one attached hydrogen (secondary N) is 1. The number of carbonyl (C=O) groups is 1. The van der Waals surface area contributed by atoms with Gasteiger partial charge in [0, 0.05) is 18.9 Å². The molecule has 0 radical (unpaired) electrons. The maximum Gasteiger partial charge on any atom is 0.252 e. The minimum atomic E-state index is -1.14. The molecule has 2 aromatic rings. The van der Waals surface area contributed by atoms with Crippen molar-refractivity contribution in [1.29, 1.82) is 0 Å². The average Bonchev–Trinajstić information content (AvgIpc) is 2.64. The molecule has 24 heavy (non-hydrogen) atoms. The zero-order valence-corrected chi connectivity index (χ0v) is 14.7. The first-order valence-electron chi connectivity index (χ1n) is 8.09. The van der Waals surface area contributed by atoms with Crippen LogP contribution in [0.3, 0.4) is 0 Å². The van der Waals surface area contributed by atoms with Gasteiger partial charge >= 0.3 is 0 Å². The summed E-state index contributed by atoms with van der Waals surface area (Å²) in [5.74, 6) is 0.313. The van der Waals surface area contributed by atoms with Crippen LogP contribution < -0.4 is 5.32 Å². The third-order valence-corrected chi connectivity index (χ3v) is 4.87. The topological polar surface area (TPSA) is 55.4 Å². The summed E-state index contributed by atoms with van der Waals surface area (Å²) in [5, 5.41) is 2.86. The summed E-state index contributed by atoms with van der Waals surface area (Å²) in [6.45, 7) is 3.53. The summed E-state index contributed by atoms with van der Waals surface area (Å²) < 4.78 is 17.6. The lowest BCUT2D eigenvalue weighted by molar-refractivity contribution is 0.0931. The first kappa shape index (κ1) is 18.4. The molecule has 128 valence electrons. The maximum atomic E-state index is 12.3. The fourth-order valence-corrected chi connectivity index (χ4v) is 3.19. The quantitative estimate of drug-likeness (QED) is 0.710. The monoisotopic (exact) mass is 345 g/mol. The van der Waals surface area contributed by atoms with Crippen LogP contribution in [0.1, 0.15) is 29.3 Å². The number of hydrogen-bond donors (Lipinski definition) is 1. The highest BCUT2D eigenvalue weighted by Crippen LogP contribution is 2.13. The number of ether oxygens (including phenoxy) is 1. The smallest absolute Gasteiger partial charge is 0.252 e. The van der Waals surface area contributed by atoms with Gasteiger partial charge in [-0.2, -0.15) is 0 Å². The molecule has 0 aliphatic heterocycles. The number of rotatable bonds is 9. The first-order chi connectivity index (χ1) is 11.7. The Morgan fingerprint density at radius 1 is 1.08 bits per heavy atom. The largest absolute Gasteiger partial charge is 0.377 e. The van der Waals surface area contributed by atoms with Gasteiger partial charge < -0.3 is 10.1 Å². The van der Waals surface area contributed by atoms with Crippen molar-refractivity contribution in [1.82, 2.24) is 5.32 Å². The minimum absolute atomic E-state index is 0.185. The van der Waals surface area contributed by atoms with E-state index in [9.17, 15) is 9.00 Å². The molecule has 1 amide bonds. The fraction of sp³-hybridized carbons (Fsp3) is 0.316. The molecule has 0 spiro atoms. The van der Waals surface area contributed by atoms with E-state index in [1.807, 2.05) is 37.3 Å². The van der Waals surface area contributed by atoms with E-state index in [1.165, 1.54) is 0 Å². The van der Waals surface area contributed by atoms with Crippen molar-refractivity contribution in [3.05, 3.63) is 65.7 Å². The van der Waals surface area contributed by atoms with Crippen LogP contribution in [0.15, 0.2) is 59.5 Å². The summed E-state index contributed by atoms with van der Waals surface area (Å²) in [7, 11) is -1.14. The predicted octanol–water partition coefficient (Wildman–Crippen LogP) is 3.15. The zero-order chi connectivity index (χ0) is 17.2. The lowest BCUT2D eigenvalue weighted by atomic mass is 10.2. The number of carbonyl (C=O) groups excluding carboxylic acids is 1. The lowest BCUT2D eigenvalue weighted by Crippen LogP contribution is -2.26. The van der Waals surface area contributed by atoms with Crippen LogP contribution in [-0.4, -0.2) is 29.0 Å². The Kier molecular flexibility index (Phi) is 7.65.